The van der Waals surface area contributed by atoms with Crippen molar-refractivity contribution >= 4 is 29.5 Å². The summed E-state index contributed by atoms with van der Waals surface area (Å²) in [5.74, 6) is 0.648. The van der Waals surface area contributed by atoms with E-state index < -0.39 is 0 Å². The molecule has 32 heavy (non-hydrogen) atoms. The van der Waals surface area contributed by atoms with E-state index in [0.717, 1.165) is 40.2 Å². The molecular formula is C26H23ClN4O. The molecule has 2 aromatic carbocycles. The number of pyridine rings is 2. The van der Waals surface area contributed by atoms with E-state index in [9.17, 15) is 4.79 Å². The van der Waals surface area contributed by atoms with Gasteiger partial charge < -0.3 is 10.2 Å². The number of hydrogen-bond acceptors (Lipinski definition) is 4. The monoisotopic (exact) mass is 442 g/mol. The molecule has 0 spiro atoms. The fourth-order valence-corrected chi connectivity index (χ4v) is 3.70. The number of halogens is 1. The molecule has 6 heteroatoms. The minimum Gasteiger partial charge on any atom is -0.368 e. The number of amides is 1. The van der Waals surface area contributed by atoms with Gasteiger partial charge in [-0.2, -0.15) is 0 Å². The fraction of sp³-hybridized carbons (Fsp3) is 0.115. The van der Waals surface area contributed by atoms with Crippen LogP contribution in [-0.2, 0) is 17.8 Å². The van der Waals surface area contributed by atoms with Crippen molar-refractivity contribution in [1.29, 1.82) is 0 Å². The molecule has 0 aliphatic heterocycles. The third-order valence-electron chi connectivity index (χ3n) is 5.10. The van der Waals surface area contributed by atoms with E-state index in [1.165, 1.54) is 0 Å². The zero-order valence-electron chi connectivity index (χ0n) is 17.5. The lowest BCUT2D eigenvalue weighted by Crippen LogP contribution is -2.23. The predicted molar refractivity (Wildman–Crippen MR) is 130 cm³/mol. The smallest absolute Gasteiger partial charge is 0.214 e. The zero-order valence-corrected chi connectivity index (χ0v) is 18.2. The third kappa shape index (κ3) is 5.31. The van der Waals surface area contributed by atoms with Crippen molar-refractivity contribution in [1.82, 2.24) is 9.97 Å². The Morgan fingerprint density at radius 2 is 1.75 bits per heavy atom. The SMILES string of the molecule is O=CN(Cc1cccnc1)c1ccc(-c2ccccc2)nc1NCCc1ccccc1Cl. The van der Waals surface area contributed by atoms with E-state index in [1.54, 1.807) is 17.3 Å². The first-order valence-corrected chi connectivity index (χ1v) is 10.8. The van der Waals surface area contributed by atoms with Crippen molar-refractivity contribution in [3.05, 3.63) is 107 Å². The van der Waals surface area contributed by atoms with Crippen LogP contribution in [0.3, 0.4) is 0 Å². The molecular weight excluding hydrogens is 420 g/mol. The van der Waals surface area contributed by atoms with Crippen LogP contribution in [0, 0.1) is 0 Å². The Bertz CT molecular complexity index is 1170. The highest BCUT2D eigenvalue weighted by Crippen LogP contribution is 2.29. The summed E-state index contributed by atoms with van der Waals surface area (Å²) in [6.45, 7) is 1.03. The van der Waals surface area contributed by atoms with Crippen molar-refractivity contribution < 1.29 is 4.79 Å². The van der Waals surface area contributed by atoms with Crippen molar-refractivity contribution in [2.75, 3.05) is 16.8 Å². The molecule has 0 fully saturated rings. The highest BCUT2D eigenvalue weighted by atomic mass is 35.5. The van der Waals surface area contributed by atoms with E-state index in [2.05, 4.69) is 10.3 Å². The van der Waals surface area contributed by atoms with E-state index in [4.69, 9.17) is 16.6 Å². The molecule has 0 saturated heterocycles. The zero-order chi connectivity index (χ0) is 22.2. The van der Waals surface area contributed by atoms with Gasteiger partial charge in [0.1, 0.15) is 0 Å². The lowest BCUT2D eigenvalue weighted by molar-refractivity contribution is -0.107. The van der Waals surface area contributed by atoms with E-state index in [1.807, 2.05) is 78.9 Å². The van der Waals surface area contributed by atoms with Crippen LogP contribution in [0.25, 0.3) is 11.3 Å². The Hall–Kier alpha value is -3.70. The molecule has 0 unspecified atom stereocenters. The van der Waals surface area contributed by atoms with Gasteiger partial charge in [0, 0.05) is 29.5 Å². The molecule has 2 heterocycles. The number of nitrogens with zero attached hydrogens (tertiary/aromatic N) is 3. The Balaban J connectivity index is 1.62. The highest BCUT2D eigenvalue weighted by molar-refractivity contribution is 6.31. The summed E-state index contributed by atoms with van der Waals surface area (Å²) in [5.41, 5.74) is 4.56. The van der Waals surface area contributed by atoms with Gasteiger partial charge in [0.2, 0.25) is 6.41 Å². The summed E-state index contributed by atoms with van der Waals surface area (Å²) in [4.78, 5) is 22.6. The minimum absolute atomic E-state index is 0.406. The lowest BCUT2D eigenvalue weighted by Gasteiger charge is -2.21. The standard InChI is InChI=1S/C26H23ClN4O/c27-23-11-5-4-8-21(23)14-16-29-26-25(31(19-32)18-20-7-6-15-28-17-20)13-12-24(30-26)22-9-2-1-3-10-22/h1-13,15,17,19H,14,16,18H2,(H,29,30). The second-order valence-corrected chi connectivity index (χ2v) is 7.70. The summed E-state index contributed by atoms with van der Waals surface area (Å²) in [7, 11) is 0. The molecule has 2 aromatic heterocycles. The topological polar surface area (TPSA) is 58.1 Å². The molecule has 1 amide bonds. The maximum Gasteiger partial charge on any atom is 0.214 e. The van der Waals surface area contributed by atoms with E-state index in [-0.39, 0.29) is 0 Å². The van der Waals surface area contributed by atoms with Crippen molar-refractivity contribution in [2.24, 2.45) is 0 Å². The van der Waals surface area contributed by atoms with Crippen molar-refractivity contribution in [2.45, 2.75) is 13.0 Å². The quantitative estimate of drug-likeness (QED) is 0.342. The lowest BCUT2D eigenvalue weighted by atomic mass is 10.1. The molecule has 4 aromatic rings. The van der Waals surface area contributed by atoms with Crippen LogP contribution in [0.4, 0.5) is 11.5 Å². The third-order valence-corrected chi connectivity index (χ3v) is 5.47. The van der Waals surface area contributed by atoms with Crippen LogP contribution < -0.4 is 10.2 Å². The molecule has 4 rings (SSSR count). The number of aromatic nitrogens is 2. The summed E-state index contributed by atoms with van der Waals surface area (Å²) in [6, 6.07) is 25.4. The molecule has 5 nitrogen and oxygen atoms in total. The van der Waals surface area contributed by atoms with Gasteiger partial charge in [0.15, 0.2) is 5.82 Å². The number of benzene rings is 2. The average molecular weight is 443 g/mol. The van der Waals surface area contributed by atoms with Crippen LogP contribution in [-0.4, -0.2) is 22.9 Å². The fourth-order valence-electron chi connectivity index (χ4n) is 3.47. The number of nitrogens with one attached hydrogen (secondary N) is 1. The largest absolute Gasteiger partial charge is 0.368 e. The van der Waals surface area contributed by atoms with Crippen LogP contribution in [0.15, 0.2) is 91.3 Å². The van der Waals surface area contributed by atoms with Crippen LogP contribution >= 0.6 is 11.6 Å². The Labute approximate surface area is 192 Å². The summed E-state index contributed by atoms with van der Waals surface area (Å²) in [5, 5.41) is 4.16. The van der Waals surface area contributed by atoms with Gasteiger partial charge in [0.25, 0.3) is 0 Å². The first-order chi connectivity index (χ1) is 15.7. The normalized spacial score (nSPS) is 10.5. The average Bonchev–Trinajstić information content (AvgIpc) is 2.85. The van der Waals surface area contributed by atoms with Crippen LogP contribution in [0.5, 0.6) is 0 Å². The Morgan fingerprint density at radius 1 is 0.938 bits per heavy atom. The van der Waals surface area contributed by atoms with Gasteiger partial charge in [0.05, 0.1) is 17.9 Å². The Kier molecular flexibility index (Phi) is 7.10. The van der Waals surface area contributed by atoms with Gasteiger partial charge in [-0.25, -0.2) is 4.98 Å². The Morgan fingerprint density at radius 3 is 2.50 bits per heavy atom. The molecule has 0 bridgehead atoms. The highest BCUT2D eigenvalue weighted by Gasteiger charge is 2.15. The predicted octanol–water partition coefficient (Wildman–Crippen LogP) is 5.61. The molecule has 160 valence electrons. The molecule has 1 N–H and O–H groups in total. The number of anilines is 2. The summed E-state index contributed by atoms with van der Waals surface area (Å²) < 4.78 is 0. The summed E-state index contributed by atoms with van der Waals surface area (Å²) in [6.07, 6.45) is 5.03. The molecule has 0 aliphatic carbocycles. The minimum atomic E-state index is 0.406. The molecule has 0 aliphatic rings. The van der Waals surface area contributed by atoms with Crippen LogP contribution in [0.2, 0.25) is 5.02 Å². The number of rotatable bonds is 9. The van der Waals surface area contributed by atoms with Gasteiger partial charge in [-0.15, -0.1) is 0 Å². The number of hydrogen-bond donors (Lipinski definition) is 1. The van der Waals surface area contributed by atoms with E-state index >= 15 is 0 Å². The maximum absolute atomic E-state index is 12.0. The van der Waals surface area contributed by atoms with Gasteiger partial charge in [-0.05, 0) is 41.8 Å². The second kappa shape index (κ2) is 10.6. The number of carbonyl (C=O) groups is 1. The maximum atomic E-state index is 12.0. The van der Waals surface area contributed by atoms with Gasteiger partial charge in [-0.3, -0.25) is 9.78 Å². The van der Waals surface area contributed by atoms with Crippen LogP contribution in [0.1, 0.15) is 11.1 Å². The molecule has 0 radical (unpaired) electrons. The second-order valence-electron chi connectivity index (χ2n) is 7.29. The van der Waals surface area contributed by atoms with Gasteiger partial charge >= 0.3 is 0 Å². The van der Waals surface area contributed by atoms with Gasteiger partial charge in [-0.1, -0.05) is 66.2 Å². The molecule has 0 saturated carbocycles. The van der Waals surface area contributed by atoms with Crippen molar-refractivity contribution in [3.63, 3.8) is 0 Å². The van der Waals surface area contributed by atoms with E-state index in [0.29, 0.717) is 24.6 Å². The first-order valence-electron chi connectivity index (χ1n) is 10.4. The summed E-state index contributed by atoms with van der Waals surface area (Å²) >= 11 is 6.30. The first kappa shape index (κ1) is 21.5. The molecule has 0 atom stereocenters. The van der Waals surface area contributed by atoms with Crippen molar-refractivity contribution in [3.8, 4) is 11.3 Å². The number of carbonyl (C=O) groups excluding carboxylic acids is 1.